The summed E-state index contributed by atoms with van der Waals surface area (Å²) in [7, 11) is 0. The van der Waals surface area contributed by atoms with Crippen LogP contribution in [0.15, 0.2) is 48.5 Å². The Hall–Kier alpha value is 2.52. The van der Waals surface area contributed by atoms with Gasteiger partial charge < -0.3 is 37.2 Å². The number of unbranched alkanes of at least 4 members (excludes halogenated alkanes) is 18. The first-order chi connectivity index (χ1) is 18.7. The maximum Gasteiger partial charge on any atom is 2.00 e. The molecule has 0 aromatic heterocycles. The molecule has 2 aromatic carbocycles. The van der Waals surface area contributed by atoms with Crippen molar-refractivity contribution in [3.63, 3.8) is 0 Å². The fourth-order valence-electron chi connectivity index (χ4n) is 5.05. The van der Waals surface area contributed by atoms with Gasteiger partial charge in [0.1, 0.15) is 11.5 Å². The van der Waals surface area contributed by atoms with Crippen LogP contribution in [0, 0.1) is 0 Å². The molecule has 0 aliphatic heterocycles. The summed E-state index contributed by atoms with van der Waals surface area (Å²) in [6.45, 7) is 4.54. The largest absolute Gasteiger partial charge is 2.00 e. The molecule has 43 heavy (non-hydrogen) atoms. The minimum atomic E-state index is 0. The van der Waals surface area contributed by atoms with Gasteiger partial charge in [-0.3, -0.25) is 0 Å². The van der Waals surface area contributed by atoms with Crippen LogP contribution < -0.4 is 0 Å². The van der Waals surface area contributed by atoms with Crippen molar-refractivity contribution in [3.8, 4) is 11.5 Å². The number of rotatable bonds is 22. The minimum absolute atomic E-state index is 0. The quantitative estimate of drug-likeness (QED) is 0.0944. The Bertz CT molecular complexity index is 731. The third kappa shape index (κ3) is 34.2. The van der Waals surface area contributed by atoms with E-state index in [0.717, 1.165) is 24.0 Å². The molecular formula is C36H60Ca3O2S2+2. The predicted octanol–water partition coefficient (Wildman–Crippen LogP) is 10.6. The zero-order valence-corrected chi connectivity index (χ0v) is 36.3. The number of aryl methyl sites for hydroxylation is 2. The van der Waals surface area contributed by atoms with E-state index in [1.54, 1.807) is 12.1 Å². The van der Waals surface area contributed by atoms with E-state index < -0.39 is 0 Å². The van der Waals surface area contributed by atoms with Crippen LogP contribution in [0.25, 0.3) is 0 Å². The zero-order chi connectivity index (χ0) is 27.5. The van der Waals surface area contributed by atoms with Gasteiger partial charge in [-0.25, -0.2) is 0 Å². The predicted molar refractivity (Wildman–Crippen MR) is 199 cm³/mol. The molecule has 0 atom stereocenters. The molecule has 232 valence electrons. The van der Waals surface area contributed by atoms with Gasteiger partial charge in [-0.15, -0.1) is 0 Å². The van der Waals surface area contributed by atoms with Gasteiger partial charge in [0.15, 0.2) is 0 Å². The summed E-state index contributed by atoms with van der Waals surface area (Å²) in [4.78, 5) is 0. The van der Waals surface area contributed by atoms with Crippen LogP contribution in [0.2, 0.25) is 0 Å². The van der Waals surface area contributed by atoms with Crippen LogP contribution in [0.5, 0.6) is 11.5 Å². The summed E-state index contributed by atoms with van der Waals surface area (Å²) < 4.78 is 0. The molecule has 0 fully saturated rings. The van der Waals surface area contributed by atoms with E-state index in [1.165, 1.54) is 128 Å². The van der Waals surface area contributed by atoms with Crippen molar-refractivity contribution in [2.24, 2.45) is 0 Å². The van der Waals surface area contributed by atoms with Gasteiger partial charge in [-0.2, -0.15) is 0 Å². The molecule has 2 nitrogen and oxygen atoms in total. The topological polar surface area (TPSA) is 40.5 Å². The molecule has 2 N–H and O–H groups in total. The summed E-state index contributed by atoms with van der Waals surface area (Å²) in [5, 5.41) is 19.3. The number of para-hydroxylation sites is 2. The fraction of sp³-hybridized carbons (Fsp3) is 0.667. The second-order valence-corrected chi connectivity index (χ2v) is 11.1. The Morgan fingerprint density at radius 3 is 0.860 bits per heavy atom. The van der Waals surface area contributed by atoms with Crippen LogP contribution in [0.4, 0.5) is 0 Å². The molecule has 0 spiro atoms. The summed E-state index contributed by atoms with van der Waals surface area (Å²) in [5.41, 5.74) is 2.20. The standard InChI is InChI=1S/2C18H30O.3Ca.2S/c2*1-2-3-4-5-6-7-8-9-10-11-14-17-15-12-13-16-18(17)19;;;;;/h2*12-13,15-16,19H,2-11,14H2,1H3;;;;;/q;;3*+2;2*-2. The SMILES string of the molecule is CCCCCCCCCCCCc1ccccc1O.CCCCCCCCCCCCc1ccccc1O.[Ca+2].[Ca+2].[Ca+2].[S-2].[S-2]. The first-order valence-electron chi connectivity index (χ1n) is 16.2. The number of phenols is 2. The second-order valence-electron chi connectivity index (χ2n) is 11.1. The van der Waals surface area contributed by atoms with Crippen molar-refractivity contribution in [1.29, 1.82) is 0 Å². The van der Waals surface area contributed by atoms with Gasteiger partial charge in [0.2, 0.25) is 0 Å². The smallest absolute Gasteiger partial charge is 2.00 e. The first-order valence-corrected chi connectivity index (χ1v) is 16.2. The summed E-state index contributed by atoms with van der Waals surface area (Å²) in [5.74, 6) is 0.914. The molecule has 0 bridgehead atoms. The van der Waals surface area contributed by atoms with Gasteiger partial charge in [-0.05, 0) is 48.9 Å². The molecule has 0 heterocycles. The van der Waals surface area contributed by atoms with Gasteiger partial charge in [0.25, 0.3) is 0 Å². The summed E-state index contributed by atoms with van der Waals surface area (Å²) in [6, 6.07) is 15.4. The van der Waals surface area contributed by atoms with Gasteiger partial charge in [0.05, 0.1) is 0 Å². The minimum Gasteiger partial charge on any atom is -2.00 e. The second kappa shape index (κ2) is 42.5. The van der Waals surface area contributed by atoms with Crippen molar-refractivity contribution >= 4 is 140 Å². The summed E-state index contributed by atoms with van der Waals surface area (Å²) in [6.07, 6.45) is 29.3. The number of hydrogen-bond donors (Lipinski definition) is 2. The average molecular weight is 709 g/mol. The Morgan fingerprint density at radius 2 is 0.605 bits per heavy atom. The molecule has 0 unspecified atom stereocenters. The zero-order valence-electron chi connectivity index (χ0n) is 28.0. The molecule has 0 aliphatic rings. The molecule has 0 saturated heterocycles. The fourth-order valence-corrected chi connectivity index (χ4v) is 5.05. The van der Waals surface area contributed by atoms with Crippen molar-refractivity contribution in [3.05, 3.63) is 59.7 Å². The molecule has 0 saturated carbocycles. The van der Waals surface area contributed by atoms with E-state index in [2.05, 4.69) is 13.8 Å². The number of hydrogen-bond acceptors (Lipinski definition) is 2. The average Bonchev–Trinajstić information content (AvgIpc) is 2.93. The van der Waals surface area contributed by atoms with Gasteiger partial charge in [0, 0.05) is 0 Å². The van der Waals surface area contributed by atoms with Crippen molar-refractivity contribution < 1.29 is 10.2 Å². The molecule has 0 radical (unpaired) electrons. The Morgan fingerprint density at radius 1 is 0.372 bits per heavy atom. The van der Waals surface area contributed by atoms with Gasteiger partial charge in [-0.1, -0.05) is 166 Å². The molecule has 2 rings (SSSR count). The summed E-state index contributed by atoms with van der Waals surface area (Å²) >= 11 is 0. The van der Waals surface area contributed by atoms with Crippen molar-refractivity contribution in [1.82, 2.24) is 0 Å². The van der Waals surface area contributed by atoms with Crippen molar-refractivity contribution in [2.75, 3.05) is 0 Å². The number of benzene rings is 2. The van der Waals surface area contributed by atoms with E-state index in [1.807, 2.05) is 36.4 Å². The van der Waals surface area contributed by atoms with E-state index in [9.17, 15) is 10.2 Å². The van der Waals surface area contributed by atoms with Crippen LogP contribution >= 0.6 is 0 Å². The number of aromatic hydroxyl groups is 2. The van der Waals surface area contributed by atoms with Crippen LogP contribution in [0.1, 0.15) is 153 Å². The van der Waals surface area contributed by atoms with E-state index in [0.29, 0.717) is 11.5 Å². The van der Waals surface area contributed by atoms with Crippen LogP contribution in [-0.4, -0.2) is 123 Å². The molecule has 2 aromatic rings. The Labute approximate surface area is 371 Å². The maximum atomic E-state index is 9.65. The Balaban J connectivity index is -0.000000201. The molecule has 0 amide bonds. The van der Waals surface area contributed by atoms with Crippen molar-refractivity contribution in [2.45, 2.75) is 155 Å². The van der Waals surface area contributed by atoms with E-state index >= 15 is 0 Å². The van der Waals surface area contributed by atoms with E-state index in [-0.39, 0.29) is 140 Å². The normalized spacial score (nSPS) is 9.53. The molecule has 7 heteroatoms. The number of phenolic OH excluding ortho intramolecular Hbond substituents is 2. The van der Waals surface area contributed by atoms with E-state index in [4.69, 9.17) is 0 Å². The monoisotopic (exact) mass is 708 g/mol. The van der Waals surface area contributed by atoms with Crippen LogP contribution in [-0.2, 0) is 39.8 Å². The molecule has 0 aliphatic carbocycles. The first kappa shape index (κ1) is 55.0. The van der Waals surface area contributed by atoms with Gasteiger partial charge >= 0.3 is 113 Å². The van der Waals surface area contributed by atoms with Crippen LogP contribution in [0.3, 0.4) is 0 Å². The Kier molecular flexibility index (Phi) is 54.4. The molecular weight excluding hydrogens is 649 g/mol. The maximum absolute atomic E-state index is 9.65. The third-order valence-electron chi connectivity index (χ3n) is 7.58. The third-order valence-corrected chi connectivity index (χ3v) is 7.58.